The number of halogens is 2. The lowest BCUT2D eigenvalue weighted by atomic mass is 10.2. The second-order valence-electron chi connectivity index (χ2n) is 4.05. The summed E-state index contributed by atoms with van der Waals surface area (Å²) in [5.74, 6) is 1.48. The first-order chi connectivity index (χ1) is 8.26. The van der Waals surface area contributed by atoms with Crippen LogP contribution in [0.1, 0.15) is 25.6 Å². The quantitative estimate of drug-likeness (QED) is 0.587. The number of imidazole rings is 1. The largest absolute Gasteiger partial charge is 0.328 e. The summed E-state index contributed by atoms with van der Waals surface area (Å²) < 4.78 is 15.3. The molecular formula is C13H16ClFN2. The molecule has 17 heavy (non-hydrogen) atoms. The summed E-state index contributed by atoms with van der Waals surface area (Å²) in [7, 11) is 0. The van der Waals surface area contributed by atoms with Crippen LogP contribution in [0.15, 0.2) is 18.2 Å². The van der Waals surface area contributed by atoms with Gasteiger partial charge in [0.2, 0.25) is 0 Å². The number of hydrogen-bond acceptors (Lipinski definition) is 1. The maximum Gasteiger partial charge on any atom is 0.125 e. The van der Waals surface area contributed by atoms with Gasteiger partial charge in [-0.25, -0.2) is 9.37 Å². The maximum absolute atomic E-state index is 13.1. The second kappa shape index (κ2) is 5.50. The average molecular weight is 255 g/mol. The van der Waals surface area contributed by atoms with Crippen LogP contribution in [0.4, 0.5) is 4.39 Å². The highest BCUT2D eigenvalue weighted by atomic mass is 35.5. The van der Waals surface area contributed by atoms with Gasteiger partial charge in [0.1, 0.15) is 11.6 Å². The van der Waals surface area contributed by atoms with Crippen LogP contribution in [0.25, 0.3) is 11.0 Å². The third-order valence-corrected chi connectivity index (χ3v) is 3.16. The zero-order valence-corrected chi connectivity index (χ0v) is 10.7. The van der Waals surface area contributed by atoms with Gasteiger partial charge in [-0.05, 0) is 31.9 Å². The third-order valence-electron chi connectivity index (χ3n) is 2.89. The molecule has 1 heterocycles. The fraction of sp³-hybridized carbons (Fsp3) is 0.462. The summed E-state index contributed by atoms with van der Waals surface area (Å²) in [6, 6.07) is 4.78. The van der Waals surface area contributed by atoms with Gasteiger partial charge in [0.15, 0.2) is 0 Å². The Balaban J connectivity index is 2.34. The molecule has 2 rings (SSSR count). The van der Waals surface area contributed by atoms with E-state index in [1.54, 1.807) is 6.07 Å². The Hall–Kier alpha value is -1.09. The summed E-state index contributed by atoms with van der Waals surface area (Å²) in [5, 5.41) is 0. The Labute approximate surface area is 105 Å². The van der Waals surface area contributed by atoms with Crippen LogP contribution in [-0.2, 0) is 13.0 Å². The van der Waals surface area contributed by atoms with Crippen molar-refractivity contribution < 1.29 is 4.39 Å². The molecule has 1 aromatic heterocycles. The Kier molecular flexibility index (Phi) is 4.00. The molecule has 0 bridgehead atoms. The lowest BCUT2D eigenvalue weighted by Crippen LogP contribution is -2.01. The highest BCUT2D eigenvalue weighted by Crippen LogP contribution is 2.18. The molecule has 92 valence electrons. The van der Waals surface area contributed by atoms with E-state index < -0.39 is 0 Å². The SMILES string of the molecule is CCn1c(CCCCCl)nc2cc(F)ccc21. The second-order valence-corrected chi connectivity index (χ2v) is 4.43. The third kappa shape index (κ3) is 2.60. The predicted molar refractivity (Wildman–Crippen MR) is 69.0 cm³/mol. The molecule has 0 fully saturated rings. The highest BCUT2D eigenvalue weighted by Gasteiger charge is 2.09. The summed E-state index contributed by atoms with van der Waals surface area (Å²) in [4.78, 5) is 4.50. The molecule has 0 spiro atoms. The Morgan fingerprint density at radius 3 is 2.88 bits per heavy atom. The van der Waals surface area contributed by atoms with Gasteiger partial charge in [0.05, 0.1) is 11.0 Å². The number of hydrogen-bond donors (Lipinski definition) is 0. The smallest absolute Gasteiger partial charge is 0.125 e. The van der Waals surface area contributed by atoms with Crippen molar-refractivity contribution in [1.29, 1.82) is 0 Å². The van der Waals surface area contributed by atoms with E-state index in [2.05, 4.69) is 16.5 Å². The van der Waals surface area contributed by atoms with E-state index in [4.69, 9.17) is 11.6 Å². The van der Waals surface area contributed by atoms with Gasteiger partial charge in [-0.2, -0.15) is 0 Å². The van der Waals surface area contributed by atoms with E-state index in [0.717, 1.165) is 42.7 Å². The zero-order valence-electron chi connectivity index (χ0n) is 9.92. The summed E-state index contributed by atoms with van der Waals surface area (Å²) in [6.07, 6.45) is 2.91. The van der Waals surface area contributed by atoms with Crippen LogP contribution in [0.3, 0.4) is 0 Å². The first-order valence-corrected chi connectivity index (χ1v) is 6.50. The van der Waals surface area contributed by atoms with Crippen molar-refractivity contribution in [2.75, 3.05) is 5.88 Å². The van der Waals surface area contributed by atoms with Gasteiger partial charge in [-0.15, -0.1) is 11.6 Å². The van der Waals surface area contributed by atoms with Crippen molar-refractivity contribution in [2.24, 2.45) is 0 Å². The minimum Gasteiger partial charge on any atom is -0.328 e. The van der Waals surface area contributed by atoms with Crippen LogP contribution in [-0.4, -0.2) is 15.4 Å². The molecule has 0 aliphatic rings. The Bertz CT molecular complexity index is 507. The summed E-state index contributed by atoms with van der Waals surface area (Å²) in [5.41, 5.74) is 1.75. The molecule has 0 unspecified atom stereocenters. The monoisotopic (exact) mass is 254 g/mol. The Morgan fingerprint density at radius 2 is 2.18 bits per heavy atom. The highest BCUT2D eigenvalue weighted by molar-refractivity contribution is 6.17. The fourth-order valence-electron chi connectivity index (χ4n) is 2.07. The van der Waals surface area contributed by atoms with Crippen molar-refractivity contribution >= 4 is 22.6 Å². The minimum atomic E-state index is -0.231. The number of fused-ring (bicyclic) bond motifs is 1. The number of aromatic nitrogens is 2. The molecule has 0 atom stereocenters. The number of alkyl halides is 1. The molecular weight excluding hydrogens is 239 g/mol. The van der Waals surface area contributed by atoms with E-state index in [9.17, 15) is 4.39 Å². The van der Waals surface area contributed by atoms with E-state index >= 15 is 0 Å². The summed E-state index contributed by atoms with van der Waals surface area (Å²) >= 11 is 5.66. The lowest BCUT2D eigenvalue weighted by Gasteiger charge is -2.05. The first kappa shape index (κ1) is 12.4. The molecule has 2 aromatic rings. The van der Waals surface area contributed by atoms with Gasteiger partial charge >= 0.3 is 0 Å². The number of aryl methyl sites for hydroxylation is 2. The van der Waals surface area contributed by atoms with E-state index in [1.807, 2.05) is 0 Å². The number of rotatable bonds is 5. The normalized spacial score (nSPS) is 11.2. The lowest BCUT2D eigenvalue weighted by molar-refractivity contribution is 0.629. The molecule has 0 saturated heterocycles. The molecule has 0 aliphatic heterocycles. The topological polar surface area (TPSA) is 17.8 Å². The number of benzene rings is 1. The van der Waals surface area contributed by atoms with Gasteiger partial charge < -0.3 is 4.57 Å². The summed E-state index contributed by atoms with van der Waals surface area (Å²) in [6.45, 7) is 2.94. The molecule has 0 amide bonds. The molecule has 0 N–H and O–H groups in total. The number of unbranched alkanes of at least 4 members (excludes halogenated alkanes) is 1. The van der Waals surface area contributed by atoms with Crippen molar-refractivity contribution in [1.82, 2.24) is 9.55 Å². The zero-order chi connectivity index (χ0) is 12.3. The first-order valence-electron chi connectivity index (χ1n) is 5.97. The van der Waals surface area contributed by atoms with Crippen LogP contribution in [0.5, 0.6) is 0 Å². The van der Waals surface area contributed by atoms with Crippen LogP contribution < -0.4 is 0 Å². The Morgan fingerprint density at radius 1 is 1.35 bits per heavy atom. The molecule has 4 heteroatoms. The van der Waals surface area contributed by atoms with Crippen molar-refractivity contribution in [2.45, 2.75) is 32.7 Å². The van der Waals surface area contributed by atoms with E-state index in [0.29, 0.717) is 5.88 Å². The average Bonchev–Trinajstić information content (AvgIpc) is 2.66. The molecule has 2 nitrogen and oxygen atoms in total. The van der Waals surface area contributed by atoms with Crippen LogP contribution in [0.2, 0.25) is 0 Å². The fourth-order valence-corrected chi connectivity index (χ4v) is 2.26. The van der Waals surface area contributed by atoms with E-state index in [1.165, 1.54) is 12.1 Å². The van der Waals surface area contributed by atoms with E-state index in [-0.39, 0.29) is 5.82 Å². The predicted octanol–water partition coefficient (Wildman–Crippen LogP) is 3.76. The van der Waals surface area contributed by atoms with Gasteiger partial charge in [-0.1, -0.05) is 0 Å². The van der Waals surface area contributed by atoms with Gasteiger partial charge in [-0.3, -0.25) is 0 Å². The van der Waals surface area contributed by atoms with Crippen LogP contribution >= 0.6 is 11.6 Å². The van der Waals surface area contributed by atoms with Crippen LogP contribution in [0, 0.1) is 5.82 Å². The van der Waals surface area contributed by atoms with Crippen molar-refractivity contribution in [3.63, 3.8) is 0 Å². The van der Waals surface area contributed by atoms with Gasteiger partial charge in [0, 0.05) is 24.9 Å². The number of nitrogens with zero attached hydrogens (tertiary/aromatic N) is 2. The minimum absolute atomic E-state index is 0.231. The standard InChI is InChI=1S/C13H16ClFN2/c1-2-17-12-7-6-10(15)9-11(12)16-13(17)5-3-4-8-14/h6-7,9H,2-5,8H2,1H3. The van der Waals surface area contributed by atoms with Crippen molar-refractivity contribution in [3.05, 3.63) is 29.8 Å². The van der Waals surface area contributed by atoms with Crippen molar-refractivity contribution in [3.8, 4) is 0 Å². The van der Waals surface area contributed by atoms with Gasteiger partial charge in [0.25, 0.3) is 0 Å². The maximum atomic E-state index is 13.1. The molecule has 1 aromatic carbocycles. The molecule has 0 radical (unpaired) electrons. The molecule has 0 saturated carbocycles. The molecule has 0 aliphatic carbocycles.